The average molecular weight is 917 g/mol. The summed E-state index contributed by atoms with van der Waals surface area (Å²) in [7, 11) is 5.65. The van der Waals surface area contributed by atoms with Crippen LogP contribution in [0.4, 0.5) is 0 Å². The van der Waals surface area contributed by atoms with E-state index in [9.17, 15) is 11.0 Å². The zero-order valence-electron chi connectivity index (χ0n) is 48.6. The van der Waals surface area contributed by atoms with Crippen LogP contribution in [0.25, 0.3) is 78.3 Å². The number of benzene rings is 7. The third-order valence-corrected chi connectivity index (χ3v) is 13.2. The molecule has 10 rings (SSSR count). The van der Waals surface area contributed by atoms with Crippen LogP contribution in [0.1, 0.15) is 49.9 Å². The van der Waals surface area contributed by atoms with Gasteiger partial charge in [-0.1, -0.05) is 146 Å². The molecule has 70 heavy (non-hydrogen) atoms. The molecular formula is C67H62N3+3. The molecule has 0 bridgehead atoms. The first-order chi connectivity index (χ1) is 37.2. The normalized spacial score (nSPS) is 13.7. The summed E-state index contributed by atoms with van der Waals surface area (Å²) in [4.78, 5) is 0. The summed E-state index contributed by atoms with van der Waals surface area (Å²) in [6, 6.07) is 64.1. The van der Waals surface area contributed by atoms with Crippen molar-refractivity contribution in [1.29, 1.82) is 0 Å². The van der Waals surface area contributed by atoms with Crippen LogP contribution in [0.2, 0.25) is 0 Å². The summed E-state index contributed by atoms with van der Waals surface area (Å²) in [6.07, 6.45) is -5.60. The van der Waals surface area contributed by atoms with E-state index in [1.807, 2.05) is 138 Å². The molecule has 0 aliphatic heterocycles. The summed E-state index contributed by atoms with van der Waals surface area (Å²) in [5, 5.41) is 0. The number of pyridine rings is 3. The van der Waals surface area contributed by atoms with Crippen LogP contribution in [0, 0.1) is 20.8 Å². The second kappa shape index (κ2) is 20.3. The van der Waals surface area contributed by atoms with Gasteiger partial charge in [0, 0.05) is 62.5 Å². The Bertz CT molecular complexity index is 3770. The van der Waals surface area contributed by atoms with Crippen molar-refractivity contribution in [1.82, 2.24) is 0 Å². The molecule has 0 atom stereocenters. The molecule has 0 radical (unpaired) electrons. The summed E-state index contributed by atoms with van der Waals surface area (Å²) < 4.78 is 84.3. The van der Waals surface area contributed by atoms with Crippen LogP contribution in [-0.2, 0) is 46.6 Å². The molecule has 0 saturated carbocycles. The smallest absolute Gasteiger partial charge is 0.201 e. The molecule has 10 aromatic rings. The molecule has 3 heterocycles. The molecule has 0 aliphatic carbocycles. The average Bonchev–Trinajstić information content (AvgIpc) is 3.63. The van der Waals surface area contributed by atoms with Crippen LogP contribution < -0.4 is 13.7 Å². The Balaban J connectivity index is 1.18. The molecule has 0 unspecified atom stereocenters. The van der Waals surface area contributed by atoms with E-state index < -0.39 is 25.5 Å². The first kappa shape index (κ1) is 37.0. The van der Waals surface area contributed by atoms with Crippen molar-refractivity contribution >= 4 is 0 Å². The zero-order valence-corrected chi connectivity index (χ0v) is 40.6. The van der Waals surface area contributed by atoms with Crippen molar-refractivity contribution in [2.75, 3.05) is 0 Å². The van der Waals surface area contributed by atoms with E-state index in [2.05, 4.69) is 72.3 Å². The minimum absolute atomic E-state index is 0.0860. The third kappa shape index (κ3) is 9.79. The standard InChI is InChI=1S/C67H62N3/c1-47-19-10-13-26-58(47)65-37-35-50(44-68(65)4)31-33-52-39-53(34-32-51-36-38-66(69(5)45-51)59-27-14-11-20-48(59)2)41-57(40-52)61-29-16-17-30-62(61)64-46-70(6)67(60-28-15-12-21-49(60)3)43-63(64)56-25-18-24-55(42-56)54-22-8-7-9-23-54/h7-30,35-46H,31-34H2,1-6H3/q+3/i31D2,32D2,33D2,34D2. The molecule has 3 nitrogen and oxygen atoms in total. The third-order valence-electron chi connectivity index (χ3n) is 13.2. The van der Waals surface area contributed by atoms with E-state index in [1.165, 1.54) is 6.07 Å². The molecule has 342 valence electrons. The summed E-state index contributed by atoms with van der Waals surface area (Å²) in [5.41, 5.74) is 15.4. The van der Waals surface area contributed by atoms with Crippen molar-refractivity contribution in [3.05, 3.63) is 258 Å². The van der Waals surface area contributed by atoms with Crippen LogP contribution in [0.15, 0.2) is 219 Å². The Hall–Kier alpha value is -8.01. The van der Waals surface area contributed by atoms with E-state index in [-0.39, 0.29) is 22.3 Å². The molecule has 0 aliphatic rings. The highest BCUT2D eigenvalue weighted by Gasteiger charge is 2.23. The van der Waals surface area contributed by atoms with Crippen molar-refractivity contribution in [2.45, 2.75) is 46.3 Å². The lowest BCUT2D eigenvalue weighted by Crippen LogP contribution is -2.31. The van der Waals surface area contributed by atoms with E-state index in [0.717, 1.165) is 83.8 Å². The molecule has 3 aromatic heterocycles. The Morgan fingerprint density at radius 1 is 0.286 bits per heavy atom. The van der Waals surface area contributed by atoms with Gasteiger partial charge in [0.2, 0.25) is 17.1 Å². The van der Waals surface area contributed by atoms with E-state index in [0.29, 0.717) is 11.1 Å². The second-order valence-electron chi connectivity index (χ2n) is 18.2. The number of hydrogen-bond donors (Lipinski definition) is 0. The highest BCUT2D eigenvalue weighted by atomic mass is 14.9. The molecule has 0 fully saturated rings. The molecule has 3 heteroatoms. The summed E-state index contributed by atoms with van der Waals surface area (Å²) in [6.45, 7) is 6.12. The van der Waals surface area contributed by atoms with Gasteiger partial charge in [-0.15, -0.1) is 0 Å². The fourth-order valence-corrected chi connectivity index (χ4v) is 9.56. The minimum atomic E-state index is -2.79. The second-order valence-corrected chi connectivity index (χ2v) is 18.2. The first-order valence-corrected chi connectivity index (χ1v) is 23.8. The fourth-order valence-electron chi connectivity index (χ4n) is 9.56. The van der Waals surface area contributed by atoms with Crippen LogP contribution in [-0.4, -0.2) is 0 Å². The van der Waals surface area contributed by atoms with Gasteiger partial charge in [0.15, 0.2) is 18.6 Å². The Kier molecular flexibility index (Phi) is 10.7. The summed E-state index contributed by atoms with van der Waals surface area (Å²) >= 11 is 0. The van der Waals surface area contributed by atoms with Crippen LogP contribution in [0.3, 0.4) is 0 Å². The SMILES string of the molecule is [2H]C([2H])(c1cc(-c2ccccc2-c2c[n+](C)c(-c3ccccc3C)cc2-c2cccc(-c3ccccc3)c2)cc(C([2H])([2H])C([2H])([2H])c2ccc(-c3ccccc3C)[n+](C)c2)c1)C([2H])([2H])c1ccc(-c2ccccc2C)[n+](C)c1. The van der Waals surface area contributed by atoms with Crippen LogP contribution >= 0.6 is 0 Å². The van der Waals surface area contributed by atoms with Crippen molar-refractivity contribution in [3.63, 3.8) is 0 Å². The summed E-state index contributed by atoms with van der Waals surface area (Å²) in [5.74, 6) is 0. The molecule has 0 N–H and O–H groups in total. The van der Waals surface area contributed by atoms with Gasteiger partial charge in [-0.2, -0.15) is 0 Å². The van der Waals surface area contributed by atoms with Crippen LogP contribution in [0.5, 0.6) is 0 Å². The lowest BCUT2D eigenvalue weighted by Gasteiger charge is -2.17. The van der Waals surface area contributed by atoms with Gasteiger partial charge in [0.25, 0.3) is 0 Å². The van der Waals surface area contributed by atoms with E-state index in [1.54, 1.807) is 57.9 Å². The topological polar surface area (TPSA) is 11.6 Å². The van der Waals surface area contributed by atoms with Crippen molar-refractivity contribution in [3.8, 4) is 78.3 Å². The van der Waals surface area contributed by atoms with E-state index in [4.69, 9.17) is 0 Å². The largest absolute Gasteiger partial charge is 0.213 e. The van der Waals surface area contributed by atoms with Gasteiger partial charge < -0.3 is 0 Å². The van der Waals surface area contributed by atoms with Gasteiger partial charge >= 0.3 is 0 Å². The fraction of sp³-hybridized carbons (Fsp3) is 0.149. The van der Waals surface area contributed by atoms with Crippen molar-refractivity contribution < 1.29 is 24.7 Å². The van der Waals surface area contributed by atoms with Gasteiger partial charge in [-0.25, -0.2) is 13.7 Å². The lowest BCUT2D eigenvalue weighted by atomic mass is 9.87. The van der Waals surface area contributed by atoms with Gasteiger partial charge in [0.05, 0.1) is 5.56 Å². The van der Waals surface area contributed by atoms with Gasteiger partial charge in [0.1, 0.15) is 21.1 Å². The van der Waals surface area contributed by atoms with Gasteiger partial charge in [-0.3, -0.25) is 0 Å². The number of rotatable bonds is 13. The maximum atomic E-state index is 9.93. The lowest BCUT2D eigenvalue weighted by molar-refractivity contribution is -0.661. The highest BCUT2D eigenvalue weighted by Crippen LogP contribution is 2.41. The number of aromatic nitrogens is 3. The molecule has 0 spiro atoms. The zero-order chi connectivity index (χ0) is 55.3. The number of aryl methyl sites for hydroxylation is 10. The highest BCUT2D eigenvalue weighted by molar-refractivity contribution is 5.93. The maximum Gasteiger partial charge on any atom is 0.213 e. The monoisotopic (exact) mass is 917 g/mol. The Morgan fingerprint density at radius 3 is 1.24 bits per heavy atom. The number of hydrogen-bond acceptors (Lipinski definition) is 0. The molecule has 0 amide bonds. The minimum Gasteiger partial charge on any atom is -0.201 e. The molecular weight excluding hydrogens is 847 g/mol. The van der Waals surface area contributed by atoms with Gasteiger partial charge in [-0.05, 0) is 144 Å². The Morgan fingerprint density at radius 2 is 0.714 bits per heavy atom. The Labute approximate surface area is 426 Å². The van der Waals surface area contributed by atoms with E-state index >= 15 is 0 Å². The number of nitrogens with zero attached hydrogens (tertiary/aromatic N) is 3. The van der Waals surface area contributed by atoms with Crippen molar-refractivity contribution in [2.24, 2.45) is 21.1 Å². The predicted molar refractivity (Wildman–Crippen MR) is 290 cm³/mol. The predicted octanol–water partition coefficient (Wildman–Crippen LogP) is 14.3. The molecule has 7 aromatic carbocycles. The first-order valence-electron chi connectivity index (χ1n) is 27.8. The maximum absolute atomic E-state index is 9.93. The molecule has 0 saturated heterocycles. The quantitative estimate of drug-likeness (QED) is 0.102.